The van der Waals surface area contributed by atoms with Gasteiger partial charge in [-0.2, -0.15) is 13.2 Å². The van der Waals surface area contributed by atoms with Crippen molar-refractivity contribution < 1.29 is 22.8 Å². The van der Waals surface area contributed by atoms with Crippen molar-refractivity contribution in [3.05, 3.63) is 36.0 Å². The highest BCUT2D eigenvalue weighted by molar-refractivity contribution is 5.91. The fourth-order valence-electron chi connectivity index (χ4n) is 1.79. The van der Waals surface area contributed by atoms with E-state index in [0.717, 1.165) is 16.8 Å². The maximum absolute atomic E-state index is 12.8. The van der Waals surface area contributed by atoms with Crippen LogP contribution in [0.4, 0.5) is 24.7 Å². The molecule has 0 bridgehead atoms. The lowest BCUT2D eigenvalue weighted by atomic mass is 10.1. The first kappa shape index (κ1) is 16.5. The Kier molecular flexibility index (Phi) is 4.63. The van der Waals surface area contributed by atoms with Crippen LogP contribution in [-0.4, -0.2) is 26.8 Å². The molecule has 7 nitrogen and oxygen atoms in total. The lowest BCUT2D eigenvalue weighted by molar-refractivity contribution is -0.137. The second-order valence-electron chi connectivity index (χ2n) is 4.57. The minimum atomic E-state index is -4.57. The van der Waals surface area contributed by atoms with Gasteiger partial charge in [0.1, 0.15) is 6.54 Å². The van der Waals surface area contributed by atoms with Crippen LogP contribution >= 0.6 is 0 Å². The van der Waals surface area contributed by atoms with Gasteiger partial charge < -0.3 is 10.6 Å². The summed E-state index contributed by atoms with van der Waals surface area (Å²) in [6.45, 7) is 0.929. The number of anilines is 2. The first-order valence-electron chi connectivity index (χ1n) is 6.39. The number of nitrogens with one attached hydrogen (secondary N) is 2. The van der Waals surface area contributed by atoms with Crippen molar-refractivity contribution in [2.75, 3.05) is 10.6 Å². The number of rotatable bonds is 4. The molecule has 23 heavy (non-hydrogen) atoms. The predicted molar refractivity (Wildman–Crippen MR) is 74.4 cm³/mol. The number of alkyl halides is 3. The molecule has 0 aliphatic heterocycles. The molecule has 122 valence electrons. The molecule has 1 aromatic heterocycles. The van der Waals surface area contributed by atoms with Gasteiger partial charge in [-0.1, -0.05) is 17.3 Å². The van der Waals surface area contributed by atoms with E-state index >= 15 is 0 Å². The minimum Gasteiger partial charge on any atom is -0.324 e. The number of carbonyl (C=O) groups is 2. The molecule has 2 aromatic rings. The summed E-state index contributed by atoms with van der Waals surface area (Å²) < 4.78 is 39.6. The summed E-state index contributed by atoms with van der Waals surface area (Å²) in [6.07, 6.45) is -3.29. The molecule has 2 N–H and O–H groups in total. The quantitative estimate of drug-likeness (QED) is 0.897. The maximum Gasteiger partial charge on any atom is 0.418 e. The molecule has 0 aliphatic rings. The van der Waals surface area contributed by atoms with Gasteiger partial charge in [0.15, 0.2) is 5.82 Å². The van der Waals surface area contributed by atoms with Crippen molar-refractivity contribution in [2.45, 2.75) is 19.6 Å². The zero-order valence-electron chi connectivity index (χ0n) is 11.9. The van der Waals surface area contributed by atoms with E-state index in [-0.39, 0.29) is 24.0 Å². The second kappa shape index (κ2) is 6.46. The van der Waals surface area contributed by atoms with Gasteiger partial charge in [0, 0.05) is 6.92 Å². The Labute approximate surface area is 128 Å². The van der Waals surface area contributed by atoms with Crippen molar-refractivity contribution >= 4 is 23.3 Å². The Morgan fingerprint density at radius 1 is 1.22 bits per heavy atom. The number of para-hydroxylation sites is 1. The summed E-state index contributed by atoms with van der Waals surface area (Å²) in [7, 11) is 0. The molecular weight excluding hydrogens is 315 g/mol. The van der Waals surface area contributed by atoms with E-state index in [1.54, 1.807) is 0 Å². The molecule has 1 aromatic carbocycles. The highest BCUT2D eigenvalue weighted by Crippen LogP contribution is 2.34. The maximum atomic E-state index is 12.8. The summed E-state index contributed by atoms with van der Waals surface area (Å²) in [4.78, 5) is 22.7. The molecule has 0 fully saturated rings. The Morgan fingerprint density at radius 2 is 1.91 bits per heavy atom. The Hall–Kier alpha value is -2.91. The number of aromatic nitrogens is 3. The van der Waals surface area contributed by atoms with Crippen LogP contribution in [0, 0.1) is 0 Å². The van der Waals surface area contributed by atoms with Gasteiger partial charge in [-0.05, 0) is 12.1 Å². The molecule has 0 radical (unpaired) electrons. The third-order valence-corrected chi connectivity index (χ3v) is 2.65. The zero-order valence-corrected chi connectivity index (χ0v) is 11.9. The Balaban J connectivity index is 2.06. The SMILES string of the molecule is CC(=O)Nc1cn(CC(=O)Nc2ccccc2C(F)(F)F)nn1. The van der Waals surface area contributed by atoms with Crippen molar-refractivity contribution in [3.8, 4) is 0 Å². The molecule has 0 aliphatic carbocycles. The third kappa shape index (κ3) is 4.53. The summed E-state index contributed by atoms with van der Waals surface area (Å²) >= 11 is 0. The molecule has 0 unspecified atom stereocenters. The van der Waals surface area contributed by atoms with E-state index in [9.17, 15) is 22.8 Å². The number of hydrogen-bond acceptors (Lipinski definition) is 4. The van der Waals surface area contributed by atoms with Crippen molar-refractivity contribution in [2.24, 2.45) is 0 Å². The largest absolute Gasteiger partial charge is 0.418 e. The van der Waals surface area contributed by atoms with Crippen LogP contribution in [0.1, 0.15) is 12.5 Å². The summed E-state index contributed by atoms with van der Waals surface area (Å²) in [5.41, 5.74) is -1.28. The Morgan fingerprint density at radius 3 is 2.57 bits per heavy atom. The van der Waals surface area contributed by atoms with Gasteiger partial charge in [-0.15, -0.1) is 5.10 Å². The second-order valence-corrected chi connectivity index (χ2v) is 4.57. The summed E-state index contributed by atoms with van der Waals surface area (Å²) in [6, 6.07) is 4.65. The lowest BCUT2D eigenvalue weighted by Crippen LogP contribution is -2.21. The van der Waals surface area contributed by atoms with E-state index in [4.69, 9.17) is 0 Å². The molecular formula is C13H12F3N5O2. The number of carbonyl (C=O) groups excluding carboxylic acids is 2. The van der Waals surface area contributed by atoms with E-state index in [0.29, 0.717) is 0 Å². The van der Waals surface area contributed by atoms with Gasteiger partial charge in [-0.3, -0.25) is 9.59 Å². The monoisotopic (exact) mass is 327 g/mol. The highest BCUT2D eigenvalue weighted by Gasteiger charge is 2.33. The molecule has 0 spiro atoms. The number of benzene rings is 1. The van der Waals surface area contributed by atoms with Crippen molar-refractivity contribution in [1.29, 1.82) is 0 Å². The highest BCUT2D eigenvalue weighted by atomic mass is 19.4. The average molecular weight is 327 g/mol. The van der Waals surface area contributed by atoms with Gasteiger partial charge in [0.2, 0.25) is 11.8 Å². The fraction of sp³-hybridized carbons (Fsp3) is 0.231. The number of nitrogens with zero attached hydrogens (tertiary/aromatic N) is 3. The molecule has 2 amide bonds. The zero-order chi connectivity index (χ0) is 17.0. The standard InChI is InChI=1S/C13H12F3N5O2/c1-8(22)17-11-6-21(20-19-11)7-12(23)18-10-5-3-2-4-9(10)13(14,15)16/h2-6H,7H2,1H3,(H,17,22)(H,18,23). The Bertz CT molecular complexity index is 726. The van der Waals surface area contributed by atoms with Crippen molar-refractivity contribution in [1.82, 2.24) is 15.0 Å². The van der Waals surface area contributed by atoms with Crippen LogP contribution < -0.4 is 10.6 Å². The van der Waals surface area contributed by atoms with E-state index in [1.165, 1.54) is 25.3 Å². The first-order valence-corrected chi connectivity index (χ1v) is 6.39. The fourth-order valence-corrected chi connectivity index (χ4v) is 1.79. The predicted octanol–water partition coefficient (Wildman–Crippen LogP) is 1.89. The van der Waals surface area contributed by atoms with E-state index in [1.807, 2.05) is 0 Å². The normalized spacial score (nSPS) is 11.1. The summed E-state index contributed by atoms with van der Waals surface area (Å²) in [5.74, 6) is -0.928. The van der Waals surface area contributed by atoms with E-state index < -0.39 is 17.6 Å². The smallest absolute Gasteiger partial charge is 0.324 e. The molecule has 2 rings (SSSR count). The topological polar surface area (TPSA) is 88.9 Å². The van der Waals surface area contributed by atoms with Gasteiger partial charge >= 0.3 is 6.18 Å². The van der Waals surface area contributed by atoms with Crippen LogP contribution in [0.2, 0.25) is 0 Å². The molecule has 0 atom stereocenters. The van der Waals surface area contributed by atoms with Crippen LogP contribution in [0.3, 0.4) is 0 Å². The molecule has 1 heterocycles. The third-order valence-electron chi connectivity index (χ3n) is 2.65. The number of hydrogen-bond donors (Lipinski definition) is 2. The molecule has 10 heteroatoms. The van der Waals surface area contributed by atoms with Crippen LogP contribution in [0.15, 0.2) is 30.5 Å². The van der Waals surface area contributed by atoms with Gasteiger partial charge in [0.05, 0.1) is 17.4 Å². The molecule has 0 saturated heterocycles. The lowest BCUT2D eigenvalue weighted by Gasteiger charge is -2.13. The summed E-state index contributed by atoms with van der Waals surface area (Å²) in [5, 5.41) is 11.7. The first-order chi connectivity index (χ1) is 10.8. The van der Waals surface area contributed by atoms with Gasteiger partial charge in [-0.25, -0.2) is 4.68 Å². The van der Waals surface area contributed by atoms with Crippen LogP contribution in [0.5, 0.6) is 0 Å². The minimum absolute atomic E-state index is 0.140. The number of amides is 2. The van der Waals surface area contributed by atoms with Crippen LogP contribution in [0.25, 0.3) is 0 Å². The molecule has 0 saturated carbocycles. The van der Waals surface area contributed by atoms with Crippen LogP contribution in [-0.2, 0) is 22.3 Å². The van der Waals surface area contributed by atoms with Crippen molar-refractivity contribution in [3.63, 3.8) is 0 Å². The number of halogens is 3. The average Bonchev–Trinajstić information content (AvgIpc) is 2.84. The van der Waals surface area contributed by atoms with Gasteiger partial charge in [0.25, 0.3) is 0 Å². The van der Waals surface area contributed by atoms with E-state index in [2.05, 4.69) is 20.9 Å².